The summed E-state index contributed by atoms with van der Waals surface area (Å²) in [5.41, 5.74) is 11.4. The van der Waals surface area contributed by atoms with Crippen LogP contribution in [0.25, 0.3) is 22.4 Å². The van der Waals surface area contributed by atoms with Crippen LogP contribution in [0.15, 0.2) is 121 Å². The summed E-state index contributed by atoms with van der Waals surface area (Å²) in [6.07, 6.45) is 2.01. The summed E-state index contributed by atoms with van der Waals surface area (Å²) in [5.74, 6) is 0.349. The van der Waals surface area contributed by atoms with Gasteiger partial charge in [-0.3, -0.25) is 4.98 Å². The molecule has 2 aliphatic rings. The number of para-hydroxylation sites is 1. The van der Waals surface area contributed by atoms with E-state index >= 15 is 0 Å². The van der Waals surface area contributed by atoms with Gasteiger partial charge in [0.15, 0.2) is 0 Å². The molecule has 0 spiro atoms. The van der Waals surface area contributed by atoms with Crippen LogP contribution in [0.5, 0.6) is 0 Å². The Morgan fingerprint density at radius 2 is 1.21 bits per heavy atom. The predicted molar refractivity (Wildman–Crippen MR) is 162 cm³/mol. The van der Waals surface area contributed by atoms with Gasteiger partial charge in [0.2, 0.25) is 0 Å². The van der Waals surface area contributed by atoms with Gasteiger partial charge < -0.3 is 4.90 Å². The number of aromatic nitrogens is 1. The molecule has 1 aromatic heterocycles. The fourth-order valence-corrected chi connectivity index (χ4v) is 7.78. The second-order valence-electron chi connectivity index (χ2n) is 12.2. The third kappa shape index (κ3) is 3.51. The first-order valence-corrected chi connectivity index (χ1v) is 14.0. The van der Waals surface area contributed by atoms with E-state index in [4.69, 9.17) is 4.98 Å². The molecule has 2 nitrogen and oxygen atoms in total. The van der Waals surface area contributed by atoms with Crippen molar-refractivity contribution in [3.8, 4) is 22.4 Å². The summed E-state index contributed by atoms with van der Waals surface area (Å²) in [7, 11) is 0. The quantitative estimate of drug-likeness (QED) is 0.242. The van der Waals surface area contributed by atoms with Gasteiger partial charge in [-0.1, -0.05) is 119 Å². The highest BCUT2D eigenvalue weighted by Crippen LogP contribution is 2.65. The number of nitrogens with zero attached hydrogens (tertiary/aromatic N) is 2. The number of benzene rings is 4. The summed E-state index contributed by atoms with van der Waals surface area (Å²) in [6, 6.07) is 42.0. The molecule has 1 aliphatic carbocycles. The molecule has 192 valence electrons. The number of pyridine rings is 1. The van der Waals surface area contributed by atoms with Crippen LogP contribution < -0.4 is 4.90 Å². The zero-order valence-corrected chi connectivity index (χ0v) is 23.1. The van der Waals surface area contributed by atoms with Crippen LogP contribution in [0.1, 0.15) is 50.4 Å². The summed E-state index contributed by atoms with van der Waals surface area (Å²) < 4.78 is 0. The predicted octanol–water partition coefficient (Wildman–Crippen LogP) is 9.49. The molecule has 0 radical (unpaired) electrons. The number of anilines is 2. The van der Waals surface area contributed by atoms with E-state index in [9.17, 15) is 0 Å². The van der Waals surface area contributed by atoms with Gasteiger partial charge in [-0.15, -0.1) is 0 Å². The van der Waals surface area contributed by atoms with Crippen molar-refractivity contribution in [3.63, 3.8) is 0 Å². The topological polar surface area (TPSA) is 16.1 Å². The van der Waals surface area contributed by atoms with Crippen LogP contribution in [-0.4, -0.2) is 4.98 Å². The van der Waals surface area contributed by atoms with Gasteiger partial charge in [0.25, 0.3) is 0 Å². The molecule has 0 bridgehead atoms. The van der Waals surface area contributed by atoms with Gasteiger partial charge in [0.1, 0.15) is 0 Å². The maximum Gasteiger partial charge on any atom is 0.0757 e. The molecule has 2 atom stereocenters. The van der Waals surface area contributed by atoms with Crippen molar-refractivity contribution in [1.29, 1.82) is 0 Å². The molecule has 0 amide bonds. The Morgan fingerprint density at radius 3 is 1.95 bits per heavy atom. The Labute approximate surface area is 232 Å². The van der Waals surface area contributed by atoms with Gasteiger partial charge in [0, 0.05) is 34.6 Å². The minimum atomic E-state index is -0.0429. The average molecular weight is 507 g/mol. The molecule has 0 fully saturated rings. The molecule has 2 heteroatoms. The maximum absolute atomic E-state index is 5.05. The smallest absolute Gasteiger partial charge is 0.0757 e. The highest BCUT2D eigenvalue weighted by atomic mass is 15.2. The number of rotatable bonds is 3. The molecular formula is C37H34N2. The lowest BCUT2D eigenvalue weighted by Crippen LogP contribution is -2.49. The first-order valence-electron chi connectivity index (χ1n) is 14.0. The van der Waals surface area contributed by atoms with E-state index < -0.39 is 0 Å². The molecule has 2 heterocycles. The van der Waals surface area contributed by atoms with Crippen LogP contribution in [0.3, 0.4) is 0 Å². The van der Waals surface area contributed by atoms with Crippen molar-refractivity contribution in [2.24, 2.45) is 5.92 Å². The average Bonchev–Trinajstić information content (AvgIpc) is 3.22. The first kappa shape index (κ1) is 23.9. The Morgan fingerprint density at radius 1 is 0.590 bits per heavy atom. The Kier molecular flexibility index (Phi) is 5.32. The van der Waals surface area contributed by atoms with Crippen molar-refractivity contribution < 1.29 is 0 Å². The summed E-state index contributed by atoms with van der Waals surface area (Å²) in [4.78, 5) is 7.67. The molecule has 2 unspecified atom stereocenters. The van der Waals surface area contributed by atoms with Gasteiger partial charge in [0.05, 0.1) is 11.7 Å². The highest BCUT2D eigenvalue weighted by Gasteiger charge is 2.59. The van der Waals surface area contributed by atoms with Crippen molar-refractivity contribution in [1.82, 2.24) is 4.98 Å². The van der Waals surface area contributed by atoms with Crippen molar-refractivity contribution in [2.45, 2.75) is 44.6 Å². The lowest BCUT2D eigenvalue weighted by atomic mass is 9.59. The Bertz CT molecular complexity index is 1670. The van der Waals surface area contributed by atoms with E-state index in [0.717, 1.165) is 5.69 Å². The zero-order chi connectivity index (χ0) is 26.8. The number of fused-ring (bicyclic) bond motifs is 4. The molecule has 1 aliphatic heterocycles. The van der Waals surface area contributed by atoms with Crippen molar-refractivity contribution in [2.75, 3.05) is 4.90 Å². The number of hydrogen-bond acceptors (Lipinski definition) is 2. The van der Waals surface area contributed by atoms with E-state index in [1.165, 1.54) is 44.8 Å². The summed E-state index contributed by atoms with van der Waals surface area (Å²) in [5, 5.41) is 0. The Balaban J connectivity index is 1.53. The molecule has 0 N–H and O–H groups in total. The van der Waals surface area contributed by atoms with E-state index in [2.05, 4.69) is 148 Å². The fraction of sp³-hybridized carbons (Fsp3) is 0.216. The second kappa shape index (κ2) is 8.68. The van der Waals surface area contributed by atoms with E-state index in [1.54, 1.807) is 0 Å². The van der Waals surface area contributed by atoms with Gasteiger partial charge >= 0.3 is 0 Å². The molecule has 39 heavy (non-hydrogen) atoms. The summed E-state index contributed by atoms with van der Waals surface area (Å²) >= 11 is 0. The van der Waals surface area contributed by atoms with Gasteiger partial charge in [-0.25, -0.2) is 0 Å². The molecule has 5 aromatic rings. The second-order valence-corrected chi connectivity index (χ2v) is 12.2. The molecule has 4 aromatic carbocycles. The normalized spacial score (nSPS) is 20.2. The Hall–Kier alpha value is -4.17. The monoisotopic (exact) mass is 506 g/mol. The summed E-state index contributed by atoms with van der Waals surface area (Å²) in [6.45, 7) is 9.79. The largest absolute Gasteiger partial charge is 0.333 e. The standard InChI is InChI=1S/C37H34N2/c1-36(2)29-20-11-12-21-31(29)39(28-19-13-18-27(24-28)25-14-7-5-8-15-25)34-32-30(37(3,4)35(34)36)22-23-38-33(32)26-16-9-6-10-17-26/h5-24,34-35H,1-4H3. The lowest BCUT2D eigenvalue weighted by molar-refractivity contribution is 0.178. The fourth-order valence-electron chi connectivity index (χ4n) is 7.78. The van der Waals surface area contributed by atoms with Gasteiger partial charge in [-0.2, -0.15) is 0 Å². The van der Waals surface area contributed by atoms with Crippen LogP contribution in [0.4, 0.5) is 11.4 Å². The van der Waals surface area contributed by atoms with Crippen LogP contribution in [0.2, 0.25) is 0 Å². The SMILES string of the molecule is CC1(C)c2ccccc2N(c2cccc(-c3ccccc3)c2)C2c3c(ccnc3-c3ccccc3)C(C)(C)C21. The van der Waals surface area contributed by atoms with E-state index in [1.807, 2.05) is 6.20 Å². The first-order chi connectivity index (χ1) is 18.9. The van der Waals surface area contributed by atoms with E-state index in [0.29, 0.717) is 5.92 Å². The minimum Gasteiger partial charge on any atom is -0.333 e. The molecular weight excluding hydrogens is 472 g/mol. The molecule has 0 saturated heterocycles. The van der Waals surface area contributed by atoms with E-state index in [-0.39, 0.29) is 16.9 Å². The number of hydrogen-bond donors (Lipinski definition) is 0. The van der Waals surface area contributed by atoms with Gasteiger partial charge in [-0.05, 0) is 57.3 Å². The molecule has 0 saturated carbocycles. The van der Waals surface area contributed by atoms with Crippen molar-refractivity contribution in [3.05, 3.63) is 138 Å². The van der Waals surface area contributed by atoms with Crippen LogP contribution >= 0.6 is 0 Å². The third-order valence-corrected chi connectivity index (χ3v) is 9.27. The zero-order valence-electron chi connectivity index (χ0n) is 23.1. The molecule has 7 rings (SSSR count). The van der Waals surface area contributed by atoms with Crippen LogP contribution in [-0.2, 0) is 10.8 Å². The minimum absolute atomic E-state index is 0.0364. The maximum atomic E-state index is 5.05. The van der Waals surface area contributed by atoms with Crippen LogP contribution in [0, 0.1) is 5.92 Å². The van der Waals surface area contributed by atoms with Crippen molar-refractivity contribution >= 4 is 11.4 Å². The highest BCUT2D eigenvalue weighted by molar-refractivity contribution is 5.80. The third-order valence-electron chi connectivity index (χ3n) is 9.27. The lowest BCUT2D eigenvalue weighted by Gasteiger charge is -2.53.